The van der Waals surface area contributed by atoms with E-state index in [4.69, 9.17) is 5.21 Å². The van der Waals surface area contributed by atoms with Crippen molar-refractivity contribution in [3.8, 4) is 0 Å². The Morgan fingerprint density at radius 3 is 2.92 bits per heavy atom. The molecule has 7 nitrogen and oxygen atoms in total. The van der Waals surface area contributed by atoms with Crippen LogP contribution < -0.4 is 16.1 Å². The molecule has 1 aliphatic rings. The third-order valence-electron chi connectivity index (χ3n) is 1.35. The summed E-state index contributed by atoms with van der Waals surface area (Å²) in [6, 6.07) is -0.837. The lowest BCUT2D eigenvalue weighted by Crippen LogP contribution is -2.64. The van der Waals surface area contributed by atoms with E-state index in [1.165, 1.54) is 5.48 Å². The zero-order valence-corrected chi connectivity index (χ0v) is 6.12. The number of carbonyl (C=O) groups is 1. The van der Waals surface area contributed by atoms with Crippen LogP contribution in [0.15, 0.2) is 5.16 Å². The third kappa shape index (κ3) is 2.00. The summed E-state index contributed by atoms with van der Waals surface area (Å²) in [7, 11) is 0. The minimum Gasteiger partial charge on any atom is -0.317 e. The number of rotatable bonds is 2. The van der Waals surface area contributed by atoms with Gasteiger partial charge in [0.25, 0.3) is 0 Å². The maximum Gasteiger partial charge on any atom is 0.321 e. The van der Waals surface area contributed by atoms with Crippen molar-refractivity contribution < 1.29 is 24.0 Å². The minimum atomic E-state index is -1.93. The monoisotopic (exact) mass is 196 g/mol. The number of hydrogen-bond donors (Lipinski definition) is 4. The van der Waals surface area contributed by atoms with Crippen LogP contribution in [0.3, 0.4) is 0 Å². The highest BCUT2D eigenvalue weighted by Gasteiger charge is 2.34. The Morgan fingerprint density at radius 1 is 1.69 bits per heavy atom. The van der Waals surface area contributed by atoms with E-state index in [0.29, 0.717) is 0 Å². The van der Waals surface area contributed by atoms with Gasteiger partial charge in [0, 0.05) is 4.53 Å². The molecule has 1 heterocycles. The summed E-state index contributed by atoms with van der Waals surface area (Å²) in [5.74, 6) is -0.669. The summed E-state index contributed by atoms with van der Waals surface area (Å²) in [4.78, 5) is 10.7. The van der Waals surface area contributed by atoms with Crippen molar-refractivity contribution in [3.63, 3.8) is 0 Å². The van der Waals surface area contributed by atoms with Gasteiger partial charge in [-0.3, -0.25) is 5.32 Å². The van der Waals surface area contributed by atoms with Gasteiger partial charge in [0.2, 0.25) is 0 Å². The fraction of sp³-hybridized carbons (Fsp3) is 0.500. The zero-order valence-electron chi connectivity index (χ0n) is 6.12. The summed E-state index contributed by atoms with van der Waals surface area (Å²) in [5.41, 5.74) is 1.47. The van der Waals surface area contributed by atoms with Crippen molar-refractivity contribution in [1.82, 2.24) is 16.1 Å². The van der Waals surface area contributed by atoms with E-state index >= 15 is 0 Å². The number of hydroxylamine groups is 1. The van der Waals surface area contributed by atoms with Crippen LogP contribution in [0, 0.1) is 0 Å². The second kappa shape index (κ2) is 3.96. The first kappa shape index (κ1) is 9.61. The molecule has 0 bridgehead atoms. The van der Waals surface area contributed by atoms with Crippen LogP contribution in [-0.2, 0) is 5.04 Å². The topological polar surface area (TPSA) is 95.0 Å². The summed E-state index contributed by atoms with van der Waals surface area (Å²) < 4.78 is 24.2. The molecule has 1 aliphatic heterocycles. The number of amidine groups is 1. The SMILES string of the molecule is O=C1NC(=NOF)[C@@H](F)[C@H](NO)N1. The van der Waals surface area contributed by atoms with Gasteiger partial charge in [-0.25, -0.2) is 9.18 Å². The zero-order chi connectivity index (χ0) is 9.84. The molecule has 2 atom stereocenters. The molecule has 0 aromatic carbocycles. The Morgan fingerprint density at radius 2 is 2.38 bits per heavy atom. The van der Waals surface area contributed by atoms with Gasteiger partial charge in [-0.2, -0.15) is 10.5 Å². The Kier molecular flexibility index (Phi) is 2.93. The number of carbonyl (C=O) groups excluding carboxylic acids is 1. The van der Waals surface area contributed by atoms with Gasteiger partial charge in [0.05, 0.1) is 0 Å². The van der Waals surface area contributed by atoms with Crippen molar-refractivity contribution in [3.05, 3.63) is 0 Å². The molecular weight excluding hydrogens is 190 g/mol. The first-order valence-corrected chi connectivity index (χ1v) is 3.16. The van der Waals surface area contributed by atoms with E-state index in [0.717, 1.165) is 0 Å². The average molecular weight is 196 g/mol. The Bertz CT molecular complexity index is 235. The second-order valence-corrected chi connectivity index (χ2v) is 2.15. The van der Waals surface area contributed by atoms with Gasteiger partial charge < -0.3 is 10.5 Å². The highest BCUT2D eigenvalue weighted by Crippen LogP contribution is 2.03. The lowest BCUT2D eigenvalue weighted by molar-refractivity contribution is -0.132. The number of halogens is 2. The van der Waals surface area contributed by atoms with Gasteiger partial charge in [-0.1, -0.05) is 0 Å². The molecule has 13 heavy (non-hydrogen) atoms. The Labute approximate surface area is 70.6 Å². The molecule has 0 saturated carbocycles. The van der Waals surface area contributed by atoms with Crippen LogP contribution in [0.5, 0.6) is 0 Å². The largest absolute Gasteiger partial charge is 0.321 e. The quantitative estimate of drug-likeness (QED) is 0.433. The molecule has 0 spiro atoms. The molecule has 1 rings (SSSR count). The van der Waals surface area contributed by atoms with Crippen LogP contribution in [0.4, 0.5) is 13.7 Å². The van der Waals surface area contributed by atoms with Gasteiger partial charge in [-0.05, 0) is 5.16 Å². The van der Waals surface area contributed by atoms with E-state index in [1.807, 2.05) is 10.6 Å². The number of amides is 2. The van der Waals surface area contributed by atoms with E-state index in [-0.39, 0.29) is 0 Å². The highest BCUT2D eigenvalue weighted by molar-refractivity contribution is 6.02. The molecule has 0 radical (unpaired) electrons. The molecule has 0 aromatic rings. The standard InChI is InChI=1S/C4H6F2N4O3/c5-1-2(9-12)7-4(11)8-3(1)10-13-6/h1-2,9,12H,(H2,7,8,10,11)/t1-,2-/m0/s1. The summed E-state index contributed by atoms with van der Waals surface area (Å²) in [6.07, 6.45) is -3.32. The van der Waals surface area contributed by atoms with Gasteiger partial charge in [-0.15, -0.1) is 0 Å². The first-order chi connectivity index (χ1) is 6.19. The van der Waals surface area contributed by atoms with E-state index < -0.39 is 24.2 Å². The van der Waals surface area contributed by atoms with E-state index in [9.17, 15) is 13.7 Å². The predicted molar refractivity (Wildman–Crippen MR) is 34.9 cm³/mol. The van der Waals surface area contributed by atoms with Crippen LogP contribution in [-0.4, -0.2) is 29.4 Å². The molecule has 2 amide bonds. The summed E-state index contributed by atoms with van der Waals surface area (Å²) in [6.45, 7) is 0. The van der Waals surface area contributed by atoms with Crippen LogP contribution in [0.25, 0.3) is 0 Å². The Hall–Kier alpha value is -1.48. The van der Waals surface area contributed by atoms with Gasteiger partial charge in [0.1, 0.15) is 6.17 Å². The lowest BCUT2D eigenvalue weighted by Gasteiger charge is -2.26. The van der Waals surface area contributed by atoms with Crippen LogP contribution >= 0.6 is 0 Å². The predicted octanol–water partition coefficient (Wildman–Crippen LogP) is -0.843. The van der Waals surface area contributed by atoms with E-state index in [2.05, 4.69) is 10.2 Å². The van der Waals surface area contributed by atoms with Crippen molar-refractivity contribution in [2.24, 2.45) is 5.16 Å². The molecule has 0 unspecified atom stereocenters. The van der Waals surface area contributed by atoms with Crippen LogP contribution in [0.2, 0.25) is 0 Å². The maximum atomic E-state index is 13.0. The number of oxime groups is 1. The fourth-order valence-electron chi connectivity index (χ4n) is 0.802. The molecule has 1 saturated heterocycles. The maximum absolute atomic E-state index is 13.0. The van der Waals surface area contributed by atoms with Gasteiger partial charge >= 0.3 is 6.03 Å². The number of hydrogen-bond acceptors (Lipinski definition) is 5. The smallest absolute Gasteiger partial charge is 0.317 e. The molecule has 4 N–H and O–H groups in total. The number of nitrogens with zero attached hydrogens (tertiary/aromatic N) is 1. The van der Waals surface area contributed by atoms with Crippen molar-refractivity contribution in [2.45, 2.75) is 12.3 Å². The molecular formula is C4H6F2N4O3. The minimum absolute atomic E-state index is 0.669. The van der Waals surface area contributed by atoms with Crippen molar-refractivity contribution >= 4 is 11.9 Å². The van der Waals surface area contributed by atoms with E-state index in [1.54, 1.807) is 0 Å². The lowest BCUT2D eigenvalue weighted by atomic mass is 10.2. The first-order valence-electron chi connectivity index (χ1n) is 3.16. The summed E-state index contributed by atoms with van der Waals surface area (Å²) >= 11 is 0. The molecule has 0 aliphatic carbocycles. The number of urea groups is 1. The molecule has 1 fully saturated rings. The fourth-order valence-corrected chi connectivity index (χ4v) is 0.802. The van der Waals surface area contributed by atoms with Crippen LogP contribution in [0.1, 0.15) is 0 Å². The summed E-state index contributed by atoms with van der Waals surface area (Å²) in [5, 5.41) is 17.5. The normalized spacial score (nSPS) is 31.0. The third-order valence-corrected chi connectivity index (χ3v) is 1.35. The van der Waals surface area contributed by atoms with Crippen molar-refractivity contribution in [1.29, 1.82) is 0 Å². The van der Waals surface area contributed by atoms with Gasteiger partial charge in [0.15, 0.2) is 12.0 Å². The Balaban J connectivity index is 2.74. The highest BCUT2D eigenvalue weighted by atomic mass is 19.3. The van der Waals surface area contributed by atoms with Crippen molar-refractivity contribution in [2.75, 3.05) is 0 Å². The number of alkyl halides is 1. The number of nitrogens with one attached hydrogen (secondary N) is 3. The average Bonchev–Trinajstić information content (AvgIpc) is 2.11. The molecule has 0 aromatic heterocycles. The molecule has 74 valence electrons. The molecule has 9 heteroatoms. The second-order valence-electron chi connectivity index (χ2n) is 2.15.